The second-order valence-corrected chi connectivity index (χ2v) is 16.6. The summed E-state index contributed by atoms with van der Waals surface area (Å²) in [7, 11) is -1.52. The zero-order valence-corrected chi connectivity index (χ0v) is 22.3. The third kappa shape index (κ3) is 3.15. The third-order valence-electron chi connectivity index (χ3n) is 8.99. The van der Waals surface area contributed by atoms with Crippen molar-refractivity contribution >= 4 is 56.9 Å². The first-order valence-electron chi connectivity index (χ1n) is 14.6. The van der Waals surface area contributed by atoms with Crippen LogP contribution in [0.25, 0.3) is 49.3 Å². The summed E-state index contributed by atoms with van der Waals surface area (Å²) in [6.07, 6.45) is 2.64. The Hall–Kier alpha value is -3.30. The molecule has 0 spiro atoms. The van der Waals surface area contributed by atoms with E-state index in [9.17, 15) is 0 Å². The Morgan fingerprint density at radius 1 is 0.694 bits per heavy atom. The molecule has 0 amide bonds. The second-order valence-electron chi connectivity index (χ2n) is 11.9. The largest absolute Gasteiger partial charge is 0.344 e. The van der Waals surface area contributed by atoms with Crippen LogP contribution in [-0.4, -0.2) is 17.2 Å². The maximum absolute atomic E-state index is 8.20. The highest BCUT2D eigenvalue weighted by Gasteiger charge is 2.38. The number of rotatable bonds is 2. The second kappa shape index (κ2) is 7.60. The molecule has 1 fully saturated rings. The van der Waals surface area contributed by atoms with Gasteiger partial charge in [-0.15, -0.1) is 0 Å². The molecule has 3 heterocycles. The van der Waals surface area contributed by atoms with Gasteiger partial charge in [-0.3, -0.25) is 0 Å². The van der Waals surface area contributed by atoms with Gasteiger partial charge in [0, 0.05) is 49.4 Å². The monoisotopic (exact) mass is 489 g/mol. The van der Waals surface area contributed by atoms with Crippen LogP contribution in [0.4, 0.5) is 0 Å². The van der Waals surface area contributed by atoms with Gasteiger partial charge in [0.1, 0.15) is 0 Å². The molecule has 1 aliphatic heterocycles. The van der Waals surface area contributed by atoms with Crippen LogP contribution in [0.2, 0.25) is 18.6 Å². The standard InChI is InChI=1S/C33H34N2Si/c1-33(2)17-19-36(4,20-18-33)24-14-16-32-28(22-24)26-10-6-8-12-31(26)35(32)23-13-15-30-27(21-23)25-9-5-7-11-29(25)34(30)3/h5-16,21-22H,17-20H2,1-4H3/i3D3. The zero-order valence-electron chi connectivity index (χ0n) is 24.3. The summed E-state index contributed by atoms with van der Waals surface area (Å²) in [6.45, 7) is 5.17. The van der Waals surface area contributed by atoms with Crippen molar-refractivity contribution in [2.75, 3.05) is 0 Å². The van der Waals surface area contributed by atoms with Gasteiger partial charge in [-0.25, -0.2) is 0 Å². The third-order valence-corrected chi connectivity index (χ3v) is 13.4. The number of aromatic nitrogens is 2. The number of nitrogens with zero attached hydrogens (tertiary/aromatic N) is 2. The Balaban J connectivity index is 1.45. The van der Waals surface area contributed by atoms with Crippen molar-refractivity contribution in [3.05, 3.63) is 84.9 Å². The lowest BCUT2D eigenvalue weighted by atomic mass is 9.87. The van der Waals surface area contributed by atoms with Crippen molar-refractivity contribution in [1.82, 2.24) is 9.13 Å². The van der Waals surface area contributed by atoms with Crippen LogP contribution in [0.15, 0.2) is 84.9 Å². The molecule has 2 nitrogen and oxygen atoms in total. The molecule has 7 rings (SSSR count). The number of para-hydroxylation sites is 2. The van der Waals surface area contributed by atoms with Crippen molar-refractivity contribution < 1.29 is 4.11 Å². The van der Waals surface area contributed by atoms with Crippen LogP contribution in [0.3, 0.4) is 0 Å². The molecular weight excluding hydrogens is 452 g/mol. The molecule has 0 aliphatic carbocycles. The van der Waals surface area contributed by atoms with E-state index < -0.39 is 15.0 Å². The normalized spacial score (nSPS) is 19.0. The molecule has 1 saturated heterocycles. The summed E-state index contributed by atoms with van der Waals surface area (Å²) in [5, 5.41) is 6.09. The molecule has 0 radical (unpaired) electrons. The first-order chi connectivity index (χ1) is 18.6. The number of aryl methyl sites for hydroxylation is 1. The summed E-state index contributed by atoms with van der Waals surface area (Å²) in [5.41, 5.74) is 5.38. The van der Waals surface area contributed by atoms with Gasteiger partial charge in [-0.1, -0.05) is 99.0 Å². The number of hydrogen-bond acceptors (Lipinski definition) is 0. The van der Waals surface area contributed by atoms with E-state index in [2.05, 4.69) is 79.6 Å². The minimum absolute atomic E-state index is 0.466. The number of fused-ring (bicyclic) bond motifs is 6. The van der Waals surface area contributed by atoms with Gasteiger partial charge in [-0.05, 0) is 41.8 Å². The van der Waals surface area contributed by atoms with Gasteiger partial charge in [0.15, 0.2) is 0 Å². The lowest BCUT2D eigenvalue weighted by Gasteiger charge is -2.40. The highest BCUT2D eigenvalue weighted by Crippen LogP contribution is 2.41. The topological polar surface area (TPSA) is 9.86 Å². The molecular formula is C33H34N2Si. The molecule has 0 saturated carbocycles. The first kappa shape index (κ1) is 18.9. The average molecular weight is 490 g/mol. The van der Waals surface area contributed by atoms with Crippen molar-refractivity contribution in [2.24, 2.45) is 12.4 Å². The summed E-state index contributed by atoms with van der Waals surface area (Å²) >= 11 is 0. The molecule has 6 aromatic rings. The average Bonchev–Trinajstić information content (AvgIpc) is 3.43. The Morgan fingerprint density at radius 2 is 1.28 bits per heavy atom. The van der Waals surface area contributed by atoms with Gasteiger partial charge in [-0.2, -0.15) is 0 Å². The van der Waals surface area contributed by atoms with Gasteiger partial charge in [0.2, 0.25) is 0 Å². The van der Waals surface area contributed by atoms with Crippen molar-refractivity contribution in [3.8, 4) is 5.69 Å². The van der Waals surface area contributed by atoms with Gasteiger partial charge in [0.25, 0.3) is 0 Å². The summed E-state index contributed by atoms with van der Waals surface area (Å²) in [6, 6.07) is 32.7. The van der Waals surface area contributed by atoms with E-state index in [1.165, 1.54) is 51.3 Å². The molecule has 0 bridgehead atoms. The quantitative estimate of drug-likeness (QED) is 0.216. The van der Waals surface area contributed by atoms with Crippen molar-refractivity contribution in [2.45, 2.75) is 45.3 Å². The van der Waals surface area contributed by atoms with E-state index in [-0.39, 0.29) is 0 Å². The highest BCUT2D eigenvalue weighted by atomic mass is 28.3. The van der Waals surface area contributed by atoms with Crippen LogP contribution < -0.4 is 5.19 Å². The lowest BCUT2D eigenvalue weighted by Crippen LogP contribution is -2.48. The Bertz CT molecular complexity index is 1900. The van der Waals surface area contributed by atoms with Crippen LogP contribution in [0, 0.1) is 5.41 Å². The minimum atomic E-state index is -2.25. The van der Waals surface area contributed by atoms with Crippen molar-refractivity contribution in [1.29, 1.82) is 0 Å². The van der Waals surface area contributed by atoms with E-state index in [4.69, 9.17) is 4.11 Å². The Morgan fingerprint density at radius 3 is 2.03 bits per heavy atom. The van der Waals surface area contributed by atoms with Gasteiger partial charge in [0.05, 0.1) is 19.1 Å². The van der Waals surface area contributed by atoms with Crippen LogP contribution in [0.1, 0.15) is 30.8 Å². The van der Waals surface area contributed by atoms with E-state index in [0.717, 1.165) is 27.5 Å². The smallest absolute Gasteiger partial charge is 0.0837 e. The maximum Gasteiger partial charge on any atom is 0.0837 e. The molecule has 1 aliphatic rings. The molecule has 2 aromatic heterocycles. The fourth-order valence-electron chi connectivity index (χ4n) is 6.49. The summed E-state index contributed by atoms with van der Waals surface area (Å²) < 4.78 is 28.4. The van der Waals surface area contributed by atoms with Gasteiger partial charge >= 0.3 is 0 Å². The summed E-state index contributed by atoms with van der Waals surface area (Å²) in [5.74, 6) is 0. The van der Waals surface area contributed by atoms with Crippen LogP contribution in [-0.2, 0) is 6.98 Å². The van der Waals surface area contributed by atoms with E-state index in [1.807, 2.05) is 30.3 Å². The predicted octanol–water partition coefficient (Wildman–Crippen LogP) is 8.53. The molecule has 4 aromatic carbocycles. The molecule has 0 N–H and O–H groups in total. The Labute approximate surface area is 218 Å². The van der Waals surface area contributed by atoms with E-state index in [1.54, 1.807) is 5.19 Å². The molecule has 0 unspecified atom stereocenters. The fraction of sp³-hybridized carbons (Fsp3) is 0.273. The minimum Gasteiger partial charge on any atom is -0.344 e. The predicted molar refractivity (Wildman–Crippen MR) is 159 cm³/mol. The van der Waals surface area contributed by atoms with Crippen LogP contribution >= 0.6 is 0 Å². The first-order valence-corrected chi connectivity index (χ1v) is 16.1. The molecule has 3 heteroatoms. The van der Waals surface area contributed by atoms with E-state index in [0.29, 0.717) is 5.41 Å². The lowest BCUT2D eigenvalue weighted by molar-refractivity contribution is 0.321. The number of benzene rings is 4. The maximum atomic E-state index is 8.20. The van der Waals surface area contributed by atoms with Crippen LogP contribution in [0.5, 0.6) is 0 Å². The fourth-order valence-corrected chi connectivity index (χ4v) is 10.8. The Kier molecular flexibility index (Phi) is 3.99. The SMILES string of the molecule is [2H]C([2H])([2H])n1c2ccccc2c2cc(-n3c4ccccc4c4cc([Si]5(C)CCC(C)(C)CC5)ccc43)ccc21. The highest BCUT2D eigenvalue weighted by molar-refractivity contribution is 6.91. The molecule has 180 valence electrons. The molecule has 36 heavy (non-hydrogen) atoms. The van der Waals surface area contributed by atoms with E-state index >= 15 is 0 Å². The number of hydrogen-bond donors (Lipinski definition) is 0. The van der Waals surface area contributed by atoms with Gasteiger partial charge < -0.3 is 9.13 Å². The van der Waals surface area contributed by atoms with Crippen molar-refractivity contribution in [3.63, 3.8) is 0 Å². The zero-order chi connectivity index (χ0) is 27.2. The molecule has 0 atom stereocenters. The summed E-state index contributed by atoms with van der Waals surface area (Å²) in [4.78, 5) is 0.